The van der Waals surface area contributed by atoms with Crippen LogP contribution in [0, 0.1) is 10.1 Å². The van der Waals surface area contributed by atoms with Gasteiger partial charge in [-0.2, -0.15) is 0 Å². The summed E-state index contributed by atoms with van der Waals surface area (Å²) in [6.07, 6.45) is 1.34. The monoisotopic (exact) mass is 352 g/mol. The molecule has 0 aliphatic carbocycles. The fourth-order valence-electron chi connectivity index (χ4n) is 1.92. The highest BCUT2D eigenvalue weighted by molar-refractivity contribution is 8.18. The Morgan fingerprint density at radius 1 is 1.38 bits per heavy atom. The molecule has 2 amide bonds. The van der Waals surface area contributed by atoms with Crippen LogP contribution in [-0.2, 0) is 14.3 Å². The first-order valence-electron chi connectivity index (χ1n) is 6.52. The number of hydrogen-bond donors (Lipinski definition) is 0. The molecule has 9 nitrogen and oxygen atoms in total. The highest BCUT2D eigenvalue weighted by atomic mass is 32.2. The normalized spacial score (nSPS) is 15.8. The molecule has 24 heavy (non-hydrogen) atoms. The summed E-state index contributed by atoms with van der Waals surface area (Å²) >= 11 is 0.643. The van der Waals surface area contributed by atoms with Crippen LogP contribution in [0.5, 0.6) is 5.75 Å². The van der Waals surface area contributed by atoms with E-state index in [1.807, 2.05) is 0 Å². The zero-order chi connectivity index (χ0) is 17.9. The first kappa shape index (κ1) is 17.5. The molecule has 0 aromatic heterocycles. The molecule has 0 atom stereocenters. The lowest BCUT2D eigenvalue weighted by Crippen LogP contribution is -2.34. The number of hydrogen-bond acceptors (Lipinski definition) is 8. The van der Waals surface area contributed by atoms with Gasteiger partial charge in [-0.15, -0.1) is 0 Å². The number of amides is 2. The van der Waals surface area contributed by atoms with E-state index in [4.69, 9.17) is 4.74 Å². The SMILES string of the molecule is COC(=O)CN1C(=O)S/C(=C/c2ccc(OC)c([N+](=O)[O-])c2)C1=O. The summed E-state index contributed by atoms with van der Waals surface area (Å²) in [6, 6.07) is 4.13. The Kier molecular flexibility index (Phi) is 5.19. The predicted octanol–water partition coefficient (Wildman–Crippen LogP) is 1.81. The maximum Gasteiger partial charge on any atom is 0.325 e. The number of ether oxygens (including phenoxy) is 2. The maximum atomic E-state index is 12.2. The van der Waals surface area contributed by atoms with E-state index in [9.17, 15) is 24.5 Å². The zero-order valence-corrected chi connectivity index (χ0v) is 13.5. The Balaban J connectivity index is 2.30. The van der Waals surface area contributed by atoms with Gasteiger partial charge in [0, 0.05) is 6.07 Å². The first-order chi connectivity index (χ1) is 11.4. The highest BCUT2D eigenvalue weighted by Crippen LogP contribution is 2.34. The van der Waals surface area contributed by atoms with E-state index in [0.717, 1.165) is 12.0 Å². The van der Waals surface area contributed by atoms with E-state index in [0.29, 0.717) is 17.3 Å². The van der Waals surface area contributed by atoms with E-state index in [1.165, 1.54) is 31.4 Å². The Labute approximate surface area is 140 Å². The summed E-state index contributed by atoms with van der Waals surface area (Å²) in [5, 5.41) is 10.4. The van der Waals surface area contributed by atoms with Crippen LogP contribution in [0.15, 0.2) is 23.1 Å². The van der Waals surface area contributed by atoms with Gasteiger partial charge in [-0.25, -0.2) is 0 Å². The number of nitro benzene ring substituents is 1. The molecular formula is C14H12N2O7S. The molecule has 0 radical (unpaired) electrons. The van der Waals surface area contributed by atoms with Gasteiger partial charge in [-0.1, -0.05) is 6.07 Å². The van der Waals surface area contributed by atoms with Crippen LogP contribution >= 0.6 is 11.8 Å². The molecule has 1 saturated heterocycles. The quantitative estimate of drug-likeness (QED) is 0.341. The molecule has 10 heteroatoms. The number of nitrogens with zero attached hydrogens (tertiary/aromatic N) is 2. The van der Waals surface area contributed by atoms with Gasteiger partial charge in [0.15, 0.2) is 5.75 Å². The third-order valence-corrected chi connectivity index (χ3v) is 3.99. The number of methoxy groups -OCH3 is 2. The Hall–Kier alpha value is -2.88. The number of benzene rings is 1. The van der Waals surface area contributed by atoms with Gasteiger partial charge >= 0.3 is 11.7 Å². The summed E-state index contributed by atoms with van der Waals surface area (Å²) in [5.74, 6) is -1.30. The van der Waals surface area contributed by atoms with E-state index < -0.39 is 28.6 Å². The minimum atomic E-state index is -0.723. The van der Waals surface area contributed by atoms with Crippen molar-refractivity contribution in [2.75, 3.05) is 20.8 Å². The van der Waals surface area contributed by atoms with E-state index >= 15 is 0 Å². The molecule has 126 valence electrons. The lowest BCUT2D eigenvalue weighted by molar-refractivity contribution is -0.385. The van der Waals surface area contributed by atoms with Crippen LogP contribution < -0.4 is 4.74 Å². The number of rotatable bonds is 5. The van der Waals surface area contributed by atoms with Gasteiger partial charge in [-0.05, 0) is 29.5 Å². The van der Waals surface area contributed by atoms with Crippen molar-refractivity contribution in [1.29, 1.82) is 0 Å². The topological polar surface area (TPSA) is 116 Å². The van der Waals surface area contributed by atoms with Crippen molar-refractivity contribution < 1.29 is 28.8 Å². The first-order valence-corrected chi connectivity index (χ1v) is 7.33. The molecular weight excluding hydrogens is 340 g/mol. The van der Waals surface area contributed by atoms with Crippen LogP contribution in [-0.4, -0.2) is 47.7 Å². The number of carbonyl (C=O) groups excluding carboxylic acids is 3. The smallest absolute Gasteiger partial charge is 0.325 e. The van der Waals surface area contributed by atoms with Crippen molar-refractivity contribution >= 4 is 40.6 Å². The van der Waals surface area contributed by atoms with Crippen molar-refractivity contribution in [3.8, 4) is 5.75 Å². The molecule has 0 saturated carbocycles. The molecule has 2 rings (SSSR count). The number of imide groups is 1. The number of esters is 1. The molecule has 0 N–H and O–H groups in total. The molecule has 1 aliphatic rings. The summed E-state index contributed by atoms with van der Waals surface area (Å²) < 4.78 is 9.32. The number of thioether (sulfide) groups is 1. The average molecular weight is 352 g/mol. The Morgan fingerprint density at radius 2 is 2.08 bits per heavy atom. The molecule has 0 bridgehead atoms. The largest absolute Gasteiger partial charge is 0.490 e. The van der Waals surface area contributed by atoms with Crippen molar-refractivity contribution in [1.82, 2.24) is 4.90 Å². The van der Waals surface area contributed by atoms with Crippen molar-refractivity contribution in [2.45, 2.75) is 0 Å². The minimum Gasteiger partial charge on any atom is -0.490 e. The fraction of sp³-hybridized carbons (Fsp3) is 0.214. The second-order valence-electron chi connectivity index (χ2n) is 4.53. The van der Waals surface area contributed by atoms with Crippen LogP contribution in [0.25, 0.3) is 6.08 Å². The standard InChI is InChI=1S/C14H12N2O7S/c1-22-10-4-3-8(5-9(10)16(20)21)6-11-13(18)15(14(19)24-11)7-12(17)23-2/h3-6H,7H2,1-2H3/b11-6+. The van der Waals surface area contributed by atoms with Gasteiger partial charge in [0.25, 0.3) is 11.1 Å². The van der Waals surface area contributed by atoms with Gasteiger partial charge in [0.2, 0.25) is 0 Å². The van der Waals surface area contributed by atoms with E-state index in [2.05, 4.69) is 4.74 Å². The zero-order valence-electron chi connectivity index (χ0n) is 12.7. The second-order valence-corrected chi connectivity index (χ2v) is 5.53. The van der Waals surface area contributed by atoms with Crippen LogP contribution in [0.4, 0.5) is 10.5 Å². The molecule has 1 aliphatic heterocycles. The molecule has 1 heterocycles. The molecule has 0 spiro atoms. The fourth-order valence-corrected chi connectivity index (χ4v) is 2.76. The van der Waals surface area contributed by atoms with E-state index in [1.54, 1.807) is 0 Å². The van der Waals surface area contributed by atoms with Gasteiger partial charge in [0.05, 0.1) is 24.0 Å². The number of carbonyl (C=O) groups is 3. The minimum absolute atomic E-state index is 0.0587. The van der Waals surface area contributed by atoms with E-state index in [-0.39, 0.29) is 16.3 Å². The predicted molar refractivity (Wildman–Crippen MR) is 84.3 cm³/mol. The van der Waals surface area contributed by atoms with Gasteiger partial charge < -0.3 is 9.47 Å². The molecule has 1 fully saturated rings. The average Bonchev–Trinajstić information content (AvgIpc) is 2.82. The van der Waals surface area contributed by atoms with Gasteiger partial charge in [0.1, 0.15) is 6.54 Å². The molecule has 1 aromatic rings. The highest BCUT2D eigenvalue weighted by Gasteiger charge is 2.36. The summed E-state index contributed by atoms with van der Waals surface area (Å²) in [5.41, 5.74) is 0.0890. The van der Waals surface area contributed by atoms with Crippen molar-refractivity contribution in [3.63, 3.8) is 0 Å². The van der Waals surface area contributed by atoms with Crippen LogP contribution in [0.2, 0.25) is 0 Å². The van der Waals surface area contributed by atoms with Gasteiger partial charge in [-0.3, -0.25) is 29.4 Å². The summed E-state index contributed by atoms with van der Waals surface area (Å²) in [6.45, 7) is -0.485. The summed E-state index contributed by atoms with van der Waals surface area (Å²) in [4.78, 5) is 46.4. The second kappa shape index (κ2) is 7.13. The third-order valence-electron chi connectivity index (χ3n) is 3.09. The maximum absolute atomic E-state index is 12.2. The van der Waals surface area contributed by atoms with Crippen molar-refractivity contribution in [3.05, 3.63) is 38.8 Å². The lowest BCUT2D eigenvalue weighted by atomic mass is 10.1. The Bertz CT molecular complexity index is 759. The summed E-state index contributed by atoms with van der Waals surface area (Å²) in [7, 11) is 2.45. The van der Waals surface area contributed by atoms with Crippen LogP contribution in [0.3, 0.4) is 0 Å². The molecule has 0 unspecified atom stereocenters. The molecule has 1 aromatic carbocycles. The Morgan fingerprint density at radius 3 is 2.67 bits per heavy atom. The number of nitro groups is 1. The lowest BCUT2D eigenvalue weighted by Gasteiger charge is -2.09. The van der Waals surface area contributed by atoms with Crippen molar-refractivity contribution in [2.24, 2.45) is 0 Å². The van der Waals surface area contributed by atoms with Crippen LogP contribution in [0.1, 0.15) is 5.56 Å². The third kappa shape index (κ3) is 3.54.